The van der Waals surface area contributed by atoms with Gasteiger partial charge in [0.25, 0.3) is 10.0 Å². The van der Waals surface area contributed by atoms with Crippen molar-refractivity contribution in [2.24, 2.45) is 0 Å². The highest BCUT2D eigenvalue weighted by Gasteiger charge is 2.46. The van der Waals surface area contributed by atoms with Gasteiger partial charge in [-0.15, -0.1) is 0 Å². The van der Waals surface area contributed by atoms with Crippen LogP contribution < -0.4 is 13.9 Å². The quantitative estimate of drug-likeness (QED) is 0.584. The molecular weight excluding hydrogens is 412 g/mol. The van der Waals surface area contributed by atoms with Crippen molar-refractivity contribution in [2.75, 3.05) is 16.3 Å². The van der Waals surface area contributed by atoms with Crippen LogP contribution >= 0.6 is 0 Å². The molecule has 1 heterocycles. The first kappa shape index (κ1) is 20.9. The highest BCUT2D eigenvalue weighted by molar-refractivity contribution is 7.92. The predicted molar refractivity (Wildman–Crippen MR) is 121 cm³/mol. The number of anilines is 2. The number of benzene rings is 3. The molecule has 1 aliphatic rings. The van der Waals surface area contributed by atoms with Crippen LogP contribution in [0, 0.1) is 6.92 Å². The lowest BCUT2D eigenvalue weighted by atomic mass is 10.1. The fourth-order valence-corrected chi connectivity index (χ4v) is 5.41. The maximum Gasteiger partial charge on any atom is 0.266 e. The van der Waals surface area contributed by atoms with Gasteiger partial charge in [0.05, 0.1) is 23.4 Å². The lowest BCUT2D eigenvalue weighted by molar-refractivity contribution is -0.118. The third-order valence-corrected chi connectivity index (χ3v) is 7.19. The van der Waals surface area contributed by atoms with Crippen LogP contribution in [0.15, 0.2) is 77.7 Å². The van der Waals surface area contributed by atoms with E-state index in [2.05, 4.69) is 0 Å². The Morgan fingerprint density at radius 3 is 2.13 bits per heavy atom. The summed E-state index contributed by atoms with van der Waals surface area (Å²) in [4.78, 5) is 14.8. The van der Waals surface area contributed by atoms with E-state index in [1.54, 1.807) is 85.7 Å². The van der Waals surface area contributed by atoms with Crippen LogP contribution in [-0.2, 0) is 14.8 Å². The van der Waals surface area contributed by atoms with Gasteiger partial charge < -0.3 is 4.74 Å². The summed E-state index contributed by atoms with van der Waals surface area (Å²) in [6.07, 6.45) is -0.582. The molecule has 1 atom stereocenters. The zero-order chi connectivity index (χ0) is 22.2. The molecule has 7 heteroatoms. The number of methoxy groups -OCH3 is 1. The lowest BCUT2D eigenvalue weighted by Crippen LogP contribution is -2.42. The summed E-state index contributed by atoms with van der Waals surface area (Å²) in [5, 5.41) is 0. The average molecular weight is 437 g/mol. The number of nitrogens with zero attached hydrogens (tertiary/aromatic N) is 2. The number of aryl methyl sites for hydroxylation is 1. The molecule has 3 aromatic rings. The van der Waals surface area contributed by atoms with E-state index >= 15 is 0 Å². The second-order valence-electron chi connectivity index (χ2n) is 7.37. The molecule has 1 amide bonds. The monoisotopic (exact) mass is 436 g/mol. The zero-order valence-corrected chi connectivity index (χ0v) is 18.5. The van der Waals surface area contributed by atoms with E-state index in [4.69, 9.17) is 4.74 Å². The fraction of sp³-hybridized carbons (Fsp3) is 0.208. The van der Waals surface area contributed by atoms with Crippen molar-refractivity contribution in [1.29, 1.82) is 0 Å². The Morgan fingerprint density at radius 2 is 1.55 bits per heavy atom. The van der Waals surface area contributed by atoms with Crippen LogP contribution in [0.1, 0.15) is 30.6 Å². The van der Waals surface area contributed by atoms with Crippen molar-refractivity contribution in [1.82, 2.24) is 0 Å². The molecule has 4 rings (SSSR count). The highest BCUT2D eigenvalue weighted by Crippen LogP contribution is 2.49. The summed E-state index contributed by atoms with van der Waals surface area (Å²) in [5.74, 6) is 0.496. The summed E-state index contributed by atoms with van der Waals surface area (Å²) in [7, 11) is -2.38. The average Bonchev–Trinajstić information content (AvgIpc) is 3.15. The molecule has 0 fully saturated rings. The van der Waals surface area contributed by atoms with E-state index in [9.17, 15) is 13.2 Å². The lowest BCUT2D eigenvalue weighted by Gasteiger charge is -2.31. The Labute approximate surface area is 182 Å². The molecule has 0 aromatic heterocycles. The SMILES string of the molecule is CCC(=O)N1c2ccccc2N(S(=O)(=O)c2ccc(C)cc2)C1c1ccc(OC)cc1. The van der Waals surface area contributed by atoms with Gasteiger partial charge in [-0.3, -0.25) is 9.69 Å². The molecule has 0 spiro atoms. The van der Waals surface area contributed by atoms with Gasteiger partial charge in [-0.05, 0) is 48.9 Å². The number of hydrogen-bond acceptors (Lipinski definition) is 4. The number of amides is 1. The van der Waals surface area contributed by atoms with Gasteiger partial charge in [0, 0.05) is 6.42 Å². The van der Waals surface area contributed by atoms with Crippen LogP contribution in [0.5, 0.6) is 5.75 Å². The molecule has 0 bridgehead atoms. The topological polar surface area (TPSA) is 66.9 Å². The maximum atomic E-state index is 13.8. The zero-order valence-electron chi connectivity index (χ0n) is 17.6. The molecule has 160 valence electrons. The second-order valence-corrected chi connectivity index (χ2v) is 9.18. The van der Waals surface area contributed by atoms with Crippen molar-refractivity contribution in [3.63, 3.8) is 0 Å². The standard InChI is InChI=1S/C24H24N2O4S/c1-4-23(27)25-21-7-5-6-8-22(21)26(24(25)18-11-13-19(30-3)14-12-18)31(28,29)20-15-9-17(2)10-16-20/h5-16,24H,4H2,1-3H3. The number of ether oxygens (including phenoxy) is 1. The van der Waals surface area contributed by atoms with Crippen molar-refractivity contribution in [2.45, 2.75) is 31.3 Å². The van der Waals surface area contributed by atoms with Gasteiger partial charge in [0.15, 0.2) is 0 Å². The molecule has 0 N–H and O–H groups in total. The van der Waals surface area contributed by atoms with Gasteiger partial charge in [-0.25, -0.2) is 12.7 Å². The van der Waals surface area contributed by atoms with Crippen LogP contribution in [-0.4, -0.2) is 21.4 Å². The van der Waals surface area contributed by atoms with Crippen molar-refractivity contribution < 1.29 is 17.9 Å². The molecule has 3 aromatic carbocycles. The first-order valence-corrected chi connectivity index (χ1v) is 11.5. The third kappa shape index (κ3) is 3.55. The molecule has 0 radical (unpaired) electrons. The van der Waals surface area contributed by atoms with Crippen LogP contribution in [0.4, 0.5) is 11.4 Å². The summed E-state index contributed by atoms with van der Waals surface area (Å²) < 4.78 is 34.3. The number of carbonyl (C=O) groups excluding carboxylic acids is 1. The summed E-state index contributed by atoms with van der Waals surface area (Å²) in [6, 6.07) is 21.0. The van der Waals surface area contributed by atoms with Gasteiger partial charge in [-0.1, -0.05) is 48.9 Å². The fourth-order valence-electron chi connectivity index (χ4n) is 3.81. The van der Waals surface area contributed by atoms with Crippen molar-refractivity contribution in [3.05, 3.63) is 83.9 Å². The molecule has 1 unspecified atom stereocenters. The summed E-state index contributed by atoms with van der Waals surface area (Å²) in [5.41, 5.74) is 2.70. The first-order chi connectivity index (χ1) is 14.9. The maximum absolute atomic E-state index is 13.8. The normalized spacial score (nSPS) is 15.6. The van der Waals surface area contributed by atoms with Crippen molar-refractivity contribution in [3.8, 4) is 5.75 Å². The minimum absolute atomic E-state index is 0.158. The number of carbonyl (C=O) groups is 1. The number of fused-ring (bicyclic) bond motifs is 1. The van der Waals surface area contributed by atoms with Gasteiger partial charge in [-0.2, -0.15) is 0 Å². The van der Waals surface area contributed by atoms with E-state index in [1.165, 1.54) is 4.31 Å². The smallest absolute Gasteiger partial charge is 0.266 e. The van der Waals surface area contributed by atoms with Crippen LogP contribution in [0.2, 0.25) is 0 Å². The van der Waals surface area contributed by atoms with E-state index in [0.717, 1.165) is 5.56 Å². The Kier molecular flexibility index (Phi) is 5.45. The molecular formula is C24H24N2O4S. The molecule has 31 heavy (non-hydrogen) atoms. The molecule has 0 saturated heterocycles. The van der Waals surface area contributed by atoms with Gasteiger partial charge in [0.1, 0.15) is 11.9 Å². The molecule has 1 aliphatic heterocycles. The Morgan fingerprint density at radius 1 is 0.935 bits per heavy atom. The Balaban J connectivity index is 1.94. The van der Waals surface area contributed by atoms with Crippen LogP contribution in [0.25, 0.3) is 0 Å². The predicted octanol–water partition coefficient (Wildman–Crippen LogP) is 4.65. The molecule has 0 saturated carbocycles. The number of para-hydroxylation sites is 2. The van der Waals surface area contributed by atoms with Gasteiger partial charge >= 0.3 is 0 Å². The summed E-state index contributed by atoms with van der Waals surface area (Å²) in [6.45, 7) is 3.68. The minimum atomic E-state index is -3.95. The van der Waals surface area contributed by atoms with E-state index in [1.807, 2.05) is 13.0 Å². The van der Waals surface area contributed by atoms with E-state index < -0.39 is 16.2 Å². The Bertz CT molecular complexity index is 1210. The van der Waals surface area contributed by atoms with E-state index in [-0.39, 0.29) is 17.2 Å². The highest BCUT2D eigenvalue weighted by atomic mass is 32.2. The van der Waals surface area contributed by atoms with Crippen LogP contribution in [0.3, 0.4) is 0 Å². The second kappa shape index (κ2) is 8.07. The third-order valence-electron chi connectivity index (χ3n) is 5.41. The molecule has 0 aliphatic carbocycles. The number of hydrogen-bond donors (Lipinski definition) is 0. The van der Waals surface area contributed by atoms with E-state index in [0.29, 0.717) is 22.7 Å². The van der Waals surface area contributed by atoms with Gasteiger partial charge in [0.2, 0.25) is 5.91 Å². The largest absolute Gasteiger partial charge is 0.497 e. The Hall–Kier alpha value is -3.32. The molecule has 6 nitrogen and oxygen atoms in total. The summed E-state index contributed by atoms with van der Waals surface area (Å²) >= 11 is 0. The first-order valence-electron chi connectivity index (χ1n) is 10.0. The van der Waals surface area contributed by atoms with Crippen molar-refractivity contribution >= 4 is 27.3 Å². The number of sulfonamides is 1. The number of rotatable bonds is 5. The minimum Gasteiger partial charge on any atom is -0.497 e.